The van der Waals surface area contributed by atoms with Gasteiger partial charge in [0.25, 0.3) is 0 Å². The lowest BCUT2D eigenvalue weighted by molar-refractivity contribution is 1.21. The van der Waals surface area contributed by atoms with E-state index in [4.69, 9.17) is 0 Å². The maximum atomic E-state index is 4.12. The van der Waals surface area contributed by atoms with Crippen LogP contribution in [-0.2, 0) is 0 Å². The number of aromatic nitrogens is 1. The Balaban J connectivity index is 0.000000671. The molecule has 0 bridgehead atoms. The quantitative estimate of drug-likeness (QED) is 0.566. The molecule has 0 aliphatic rings. The molecule has 0 amide bonds. The lowest BCUT2D eigenvalue weighted by atomic mass is 10.2. The van der Waals surface area contributed by atoms with Gasteiger partial charge in [0, 0.05) is 16.7 Å². The first kappa shape index (κ1) is 11.9. The molecule has 0 aromatic carbocycles. The van der Waals surface area contributed by atoms with Gasteiger partial charge in [0.05, 0.1) is 0 Å². The van der Waals surface area contributed by atoms with Crippen LogP contribution in [0.1, 0.15) is 19.4 Å². The molecule has 2 nitrogen and oxygen atoms in total. The van der Waals surface area contributed by atoms with E-state index in [9.17, 15) is 0 Å². The fraction of sp³-hybridized carbons (Fsp3) is 0.200. The zero-order valence-electron chi connectivity index (χ0n) is 7.99. The number of hydrogen-bond acceptors (Lipinski definition) is 3. The molecule has 1 heterocycles. The summed E-state index contributed by atoms with van der Waals surface area (Å²) in [7, 11) is 0. The Morgan fingerprint density at radius 1 is 1.54 bits per heavy atom. The largest absolute Gasteiger partial charge is 0.245 e. The van der Waals surface area contributed by atoms with Gasteiger partial charge in [-0.05, 0) is 12.8 Å². The Morgan fingerprint density at radius 3 is 2.62 bits per heavy atom. The lowest BCUT2D eigenvalue weighted by Gasteiger charge is -1.98. The highest BCUT2D eigenvalue weighted by molar-refractivity contribution is 7.80. The van der Waals surface area contributed by atoms with Gasteiger partial charge < -0.3 is 0 Å². The smallest absolute Gasteiger partial charge is 0.158 e. The molecule has 0 N–H and O–H groups in total. The summed E-state index contributed by atoms with van der Waals surface area (Å²) in [4.78, 5) is 8.51. The molecule has 0 radical (unpaired) electrons. The maximum Gasteiger partial charge on any atom is 0.158 e. The van der Waals surface area contributed by atoms with Gasteiger partial charge in [-0.1, -0.05) is 26.5 Å². The fourth-order valence-electron chi connectivity index (χ4n) is 0.745. The van der Waals surface area contributed by atoms with E-state index in [1.54, 1.807) is 12.3 Å². The number of aliphatic imine (C=N–C) groups is 1. The van der Waals surface area contributed by atoms with Crippen molar-refractivity contribution in [3.8, 4) is 0 Å². The molecule has 1 rings (SSSR count). The molecule has 0 spiro atoms. The highest BCUT2D eigenvalue weighted by atomic mass is 32.1. The molecule has 1 aromatic rings. The summed E-state index contributed by atoms with van der Waals surface area (Å²) in [6.45, 7) is 11.0. The molecule has 3 heteroatoms. The van der Waals surface area contributed by atoms with Gasteiger partial charge in [-0.25, -0.2) is 9.98 Å². The summed E-state index contributed by atoms with van der Waals surface area (Å²) < 4.78 is 0. The van der Waals surface area contributed by atoms with Crippen LogP contribution < -0.4 is 0 Å². The molecule has 13 heavy (non-hydrogen) atoms. The summed E-state index contributed by atoms with van der Waals surface area (Å²) in [5.74, 6) is 0.595. The highest BCUT2D eigenvalue weighted by Crippen LogP contribution is 2.18. The van der Waals surface area contributed by atoms with Crippen LogP contribution in [0, 0.1) is 0 Å². The third-order valence-electron chi connectivity index (χ3n) is 1.25. The Morgan fingerprint density at radius 2 is 2.15 bits per heavy atom. The second-order valence-electron chi connectivity index (χ2n) is 1.97. The van der Waals surface area contributed by atoms with Crippen molar-refractivity contribution in [2.24, 2.45) is 4.99 Å². The van der Waals surface area contributed by atoms with Crippen molar-refractivity contribution in [2.45, 2.75) is 18.7 Å². The van der Waals surface area contributed by atoms with Gasteiger partial charge >= 0.3 is 0 Å². The Labute approximate surface area is 84.8 Å². The topological polar surface area (TPSA) is 25.2 Å². The SMILES string of the molecule is C=Cc1cc(S)cnc1N=C.CC. The predicted octanol–water partition coefficient (Wildman–Crippen LogP) is 3.37. The van der Waals surface area contributed by atoms with Crippen molar-refractivity contribution in [1.29, 1.82) is 0 Å². The number of nitrogens with zero attached hydrogens (tertiary/aromatic N) is 2. The minimum Gasteiger partial charge on any atom is -0.245 e. The molecule has 70 valence electrons. The number of pyridine rings is 1. The van der Waals surface area contributed by atoms with E-state index in [1.165, 1.54) is 0 Å². The third-order valence-corrected chi connectivity index (χ3v) is 1.49. The van der Waals surface area contributed by atoms with Crippen LogP contribution in [0.4, 0.5) is 5.82 Å². The van der Waals surface area contributed by atoms with Gasteiger partial charge in [-0.3, -0.25) is 0 Å². The second kappa shape index (κ2) is 6.43. The fourth-order valence-corrected chi connectivity index (χ4v) is 0.942. The Kier molecular flexibility index (Phi) is 5.89. The summed E-state index contributed by atoms with van der Waals surface area (Å²) in [6, 6.07) is 1.84. The first-order chi connectivity index (χ1) is 6.27. The van der Waals surface area contributed by atoms with E-state index in [-0.39, 0.29) is 0 Å². The standard InChI is InChI=1S/C8H8N2S.C2H6/c1-3-6-4-7(11)5-10-8(6)9-2;1-2/h3-5,11H,1-2H2;1-2H3. The molecular weight excluding hydrogens is 180 g/mol. The zero-order valence-corrected chi connectivity index (χ0v) is 8.88. The first-order valence-corrected chi connectivity index (χ1v) is 4.51. The zero-order chi connectivity index (χ0) is 10.3. The highest BCUT2D eigenvalue weighted by Gasteiger charge is 1.96. The molecule has 0 fully saturated rings. The van der Waals surface area contributed by atoms with Crippen molar-refractivity contribution in [2.75, 3.05) is 0 Å². The molecule has 0 saturated heterocycles. The summed E-state index contributed by atoms with van der Waals surface area (Å²) in [6.07, 6.45) is 3.30. The van der Waals surface area contributed by atoms with E-state index < -0.39 is 0 Å². The minimum atomic E-state index is 0.595. The van der Waals surface area contributed by atoms with Crippen molar-refractivity contribution in [3.63, 3.8) is 0 Å². The van der Waals surface area contributed by atoms with E-state index in [1.807, 2.05) is 19.9 Å². The number of thiol groups is 1. The van der Waals surface area contributed by atoms with E-state index in [0.29, 0.717) is 5.82 Å². The van der Waals surface area contributed by atoms with Crippen molar-refractivity contribution in [3.05, 3.63) is 24.4 Å². The van der Waals surface area contributed by atoms with Gasteiger partial charge in [-0.2, -0.15) is 0 Å². The number of hydrogen-bond donors (Lipinski definition) is 1. The monoisotopic (exact) mass is 194 g/mol. The van der Waals surface area contributed by atoms with Crippen LogP contribution in [0.25, 0.3) is 6.08 Å². The normalized spacial score (nSPS) is 8.23. The van der Waals surface area contributed by atoms with Gasteiger partial charge in [-0.15, -0.1) is 12.6 Å². The average Bonchev–Trinajstić information content (AvgIpc) is 2.20. The third kappa shape index (κ3) is 3.42. The summed E-state index contributed by atoms with van der Waals surface area (Å²) >= 11 is 4.12. The van der Waals surface area contributed by atoms with Crippen molar-refractivity contribution < 1.29 is 0 Å². The van der Waals surface area contributed by atoms with E-state index in [0.717, 1.165) is 10.5 Å². The second-order valence-corrected chi connectivity index (χ2v) is 2.48. The van der Waals surface area contributed by atoms with Gasteiger partial charge in [0.1, 0.15) is 0 Å². The molecule has 1 aromatic heterocycles. The summed E-state index contributed by atoms with van der Waals surface area (Å²) in [5.41, 5.74) is 0.854. The van der Waals surface area contributed by atoms with Crippen LogP contribution in [0.15, 0.2) is 28.7 Å². The lowest BCUT2D eigenvalue weighted by Crippen LogP contribution is -1.79. The molecule has 0 aliphatic heterocycles. The van der Waals surface area contributed by atoms with Gasteiger partial charge in [0.15, 0.2) is 5.82 Å². The van der Waals surface area contributed by atoms with Crippen LogP contribution in [0.3, 0.4) is 0 Å². The van der Waals surface area contributed by atoms with E-state index in [2.05, 4.69) is 35.9 Å². The Hall–Kier alpha value is -1.09. The van der Waals surface area contributed by atoms with Gasteiger partial charge in [0.2, 0.25) is 0 Å². The van der Waals surface area contributed by atoms with Crippen LogP contribution in [0.5, 0.6) is 0 Å². The van der Waals surface area contributed by atoms with Crippen LogP contribution >= 0.6 is 12.6 Å². The summed E-state index contributed by atoms with van der Waals surface area (Å²) in [5, 5.41) is 0. The molecule has 0 saturated carbocycles. The first-order valence-electron chi connectivity index (χ1n) is 4.06. The van der Waals surface area contributed by atoms with Crippen LogP contribution in [-0.4, -0.2) is 11.7 Å². The molecule has 0 atom stereocenters. The molecular formula is C10H14N2S. The maximum absolute atomic E-state index is 4.12. The predicted molar refractivity (Wildman–Crippen MR) is 62.1 cm³/mol. The molecule has 0 aliphatic carbocycles. The van der Waals surface area contributed by atoms with E-state index >= 15 is 0 Å². The van der Waals surface area contributed by atoms with Crippen LogP contribution in [0.2, 0.25) is 0 Å². The number of rotatable bonds is 2. The Bertz CT molecular complexity index is 295. The van der Waals surface area contributed by atoms with Crippen molar-refractivity contribution in [1.82, 2.24) is 4.98 Å². The average molecular weight is 194 g/mol. The molecule has 0 unspecified atom stereocenters. The minimum absolute atomic E-state index is 0.595. The van der Waals surface area contributed by atoms with Crippen molar-refractivity contribution >= 4 is 31.2 Å².